The topological polar surface area (TPSA) is 50.8 Å². The van der Waals surface area contributed by atoms with Crippen LogP contribution in [0.15, 0.2) is 30.3 Å². The van der Waals surface area contributed by atoms with Crippen LogP contribution in [0.2, 0.25) is 0 Å². The van der Waals surface area contributed by atoms with Gasteiger partial charge in [-0.1, -0.05) is 30.3 Å². The van der Waals surface area contributed by atoms with Gasteiger partial charge in [0.15, 0.2) is 0 Å². The smallest absolute Gasteiger partial charge is 0.242 e. The number of nitrogens with zero attached hydrogens (tertiary/aromatic N) is 1. The molecule has 2 rings (SSSR count). The Balaban J connectivity index is 1.69. The Kier molecular flexibility index (Phi) is 6.17. The summed E-state index contributed by atoms with van der Waals surface area (Å²) in [5.74, 6) is 0.0607. The second kappa shape index (κ2) is 8.12. The number of nitrogens with one attached hydrogen (secondary N) is 1. The van der Waals surface area contributed by atoms with E-state index in [0.717, 1.165) is 12.1 Å². The number of amides is 1. The molecular formula is C16H24N2O3. The molecule has 1 heterocycles. The van der Waals surface area contributed by atoms with E-state index < -0.39 is 0 Å². The molecule has 1 aliphatic heterocycles. The summed E-state index contributed by atoms with van der Waals surface area (Å²) in [4.78, 5) is 14.0. The fourth-order valence-electron chi connectivity index (χ4n) is 2.32. The summed E-state index contributed by atoms with van der Waals surface area (Å²) in [5.41, 5.74) is 1.14. The molecule has 1 aromatic carbocycles. The van der Waals surface area contributed by atoms with Crippen molar-refractivity contribution in [2.24, 2.45) is 0 Å². The molecule has 1 N–H and O–H groups in total. The largest absolute Gasteiger partial charge is 0.375 e. The predicted molar refractivity (Wildman–Crippen MR) is 80.9 cm³/mol. The van der Waals surface area contributed by atoms with E-state index in [4.69, 9.17) is 9.47 Å². The lowest BCUT2D eigenvalue weighted by Crippen LogP contribution is -2.56. The maximum absolute atomic E-state index is 12.3. The molecule has 116 valence electrons. The van der Waals surface area contributed by atoms with Crippen LogP contribution in [0.1, 0.15) is 12.5 Å². The number of benzene rings is 1. The first-order valence-corrected chi connectivity index (χ1v) is 7.40. The minimum Gasteiger partial charge on any atom is -0.375 e. The first kappa shape index (κ1) is 15.9. The van der Waals surface area contributed by atoms with Crippen LogP contribution in [0, 0.1) is 0 Å². The molecule has 0 saturated carbocycles. The number of carbonyl (C=O) groups is 1. The minimum absolute atomic E-state index is 0.0607. The van der Waals surface area contributed by atoms with Crippen molar-refractivity contribution >= 4 is 5.91 Å². The van der Waals surface area contributed by atoms with E-state index in [-0.39, 0.29) is 18.1 Å². The summed E-state index contributed by atoms with van der Waals surface area (Å²) in [6, 6.07) is 9.77. The second-order valence-electron chi connectivity index (χ2n) is 5.31. The van der Waals surface area contributed by atoms with Gasteiger partial charge >= 0.3 is 0 Å². The van der Waals surface area contributed by atoms with Crippen molar-refractivity contribution in [2.75, 3.05) is 33.4 Å². The summed E-state index contributed by atoms with van der Waals surface area (Å²) >= 11 is 0. The lowest BCUT2D eigenvalue weighted by Gasteiger charge is -2.32. The third kappa shape index (κ3) is 4.81. The molecule has 1 aromatic rings. The van der Waals surface area contributed by atoms with Gasteiger partial charge in [0.25, 0.3) is 0 Å². The van der Waals surface area contributed by atoms with Gasteiger partial charge < -0.3 is 19.7 Å². The highest BCUT2D eigenvalue weighted by Gasteiger charge is 2.30. The van der Waals surface area contributed by atoms with E-state index in [1.807, 2.05) is 37.3 Å². The zero-order valence-electron chi connectivity index (χ0n) is 12.7. The number of likely N-dealkylation sites (N-methyl/N-ethyl adjacent to an activating group) is 1. The molecule has 1 saturated heterocycles. The lowest BCUT2D eigenvalue weighted by atomic mass is 10.1. The fraction of sp³-hybridized carbons (Fsp3) is 0.562. The fourth-order valence-corrected chi connectivity index (χ4v) is 2.32. The number of rotatable bonds is 6. The molecule has 21 heavy (non-hydrogen) atoms. The molecule has 1 fully saturated rings. The summed E-state index contributed by atoms with van der Waals surface area (Å²) in [6.45, 7) is 4.99. The molecule has 5 heteroatoms. The van der Waals surface area contributed by atoms with Crippen LogP contribution < -0.4 is 5.32 Å². The number of carbonyl (C=O) groups excluding carboxylic acids is 1. The van der Waals surface area contributed by atoms with Crippen LogP contribution in [-0.4, -0.2) is 56.3 Å². The summed E-state index contributed by atoms with van der Waals surface area (Å²) in [6.07, 6.45) is -0.0843. The van der Waals surface area contributed by atoms with Crippen LogP contribution >= 0.6 is 0 Å². The van der Waals surface area contributed by atoms with Crippen LogP contribution in [0.4, 0.5) is 0 Å². The van der Waals surface area contributed by atoms with Gasteiger partial charge in [0.1, 0.15) is 6.04 Å². The maximum atomic E-state index is 12.3. The van der Waals surface area contributed by atoms with Gasteiger partial charge in [-0.25, -0.2) is 0 Å². The number of ether oxygens (including phenoxy) is 2. The molecule has 1 aliphatic rings. The Bertz CT molecular complexity index is 438. The van der Waals surface area contributed by atoms with Crippen molar-refractivity contribution < 1.29 is 14.3 Å². The zero-order valence-corrected chi connectivity index (χ0v) is 12.7. The number of hydrogen-bond donors (Lipinski definition) is 1. The Morgan fingerprint density at radius 2 is 2.19 bits per heavy atom. The van der Waals surface area contributed by atoms with E-state index in [2.05, 4.69) is 5.32 Å². The first-order valence-electron chi connectivity index (χ1n) is 7.40. The molecule has 0 aliphatic carbocycles. The Hall–Kier alpha value is -1.43. The lowest BCUT2D eigenvalue weighted by molar-refractivity contribution is -0.138. The van der Waals surface area contributed by atoms with Gasteiger partial charge in [-0.2, -0.15) is 0 Å². The van der Waals surface area contributed by atoms with E-state index in [1.54, 1.807) is 11.9 Å². The first-order chi connectivity index (χ1) is 10.2. The monoisotopic (exact) mass is 292 g/mol. The molecular weight excluding hydrogens is 268 g/mol. The average molecular weight is 292 g/mol. The molecule has 2 atom stereocenters. The predicted octanol–water partition coefficient (Wildman–Crippen LogP) is 1.04. The van der Waals surface area contributed by atoms with E-state index in [1.165, 1.54) is 0 Å². The Morgan fingerprint density at radius 1 is 1.43 bits per heavy atom. The minimum atomic E-state index is -0.252. The Morgan fingerprint density at radius 3 is 2.90 bits per heavy atom. The quantitative estimate of drug-likeness (QED) is 0.796. The highest BCUT2D eigenvalue weighted by atomic mass is 16.5. The van der Waals surface area contributed by atoms with Gasteiger partial charge in [0.2, 0.25) is 5.91 Å². The Labute approximate surface area is 126 Å². The third-order valence-electron chi connectivity index (χ3n) is 3.64. The van der Waals surface area contributed by atoms with Crippen molar-refractivity contribution in [3.8, 4) is 0 Å². The second-order valence-corrected chi connectivity index (χ2v) is 5.31. The van der Waals surface area contributed by atoms with Gasteiger partial charge in [-0.05, 0) is 12.5 Å². The van der Waals surface area contributed by atoms with Crippen molar-refractivity contribution in [3.63, 3.8) is 0 Å². The van der Waals surface area contributed by atoms with Crippen LogP contribution in [0.3, 0.4) is 0 Å². The average Bonchev–Trinajstić information content (AvgIpc) is 2.52. The molecule has 0 unspecified atom stereocenters. The van der Waals surface area contributed by atoms with Crippen molar-refractivity contribution in [1.82, 2.24) is 10.2 Å². The maximum Gasteiger partial charge on any atom is 0.242 e. The molecule has 0 spiro atoms. The zero-order chi connectivity index (χ0) is 15.1. The standard InChI is InChI=1S/C16H24N2O3/c1-13-15(17-8-10-21-13)16(19)18(2)9-11-20-12-14-6-4-3-5-7-14/h3-7,13,15,17H,8-12H2,1-2H3/t13-,15+/m1/s1. The molecule has 1 amide bonds. The van der Waals surface area contributed by atoms with Gasteiger partial charge in [-0.3, -0.25) is 4.79 Å². The van der Waals surface area contributed by atoms with Gasteiger partial charge in [0.05, 0.1) is 25.9 Å². The number of hydrogen-bond acceptors (Lipinski definition) is 4. The number of morpholine rings is 1. The SMILES string of the molecule is C[C@H]1OCCN[C@@H]1C(=O)N(C)CCOCc1ccccc1. The van der Waals surface area contributed by atoms with Gasteiger partial charge in [0, 0.05) is 20.1 Å². The van der Waals surface area contributed by atoms with E-state index in [0.29, 0.717) is 26.4 Å². The van der Waals surface area contributed by atoms with Crippen molar-refractivity contribution in [2.45, 2.75) is 25.7 Å². The van der Waals surface area contributed by atoms with Crippen LogP contribution in [-0.2, 0) is 20.9 Å². The molecule has 0 aromatic heterocycles. The summed E-state index contributed by atoms with van der Waals surface area (Å²) < 4.78 is 11.1. The van der Waals surface area contributed by atoms with E-state index in [9.17, 15) is 4.79 Å². The van der Waals surface area contributed by atoms with Crippen LogP contribution in [0.25, 0.3) is 0 Å². The summed E-state index contributed by atoms with van der Waals surface area (Å²) in [5, 5.41) is 3.21. The molecule has 0 radical (unpaired) electrons. The van der Waals surface area contributed by atoms with Crippen LogP contribution in [0.5, 0.6) is 0 Å². The van der Waals surface area contributed by atoms with Crippen molar-refractivity contribution in [1.29, 1.82) is 0 Å². The normalized spacial score (nSPS) is 22.0. The highest BCUT2D eigenvalue weighted by molar-refractivity contribution is 5.82. The summed E-state index contributed by atoms with van der Waals surface area (Å²) in [7, 11) is 1.80. The van der Waals surface area contributed by atoms with Crippen molar-refractivity contribution in [3.05, 3.63) is 35.9 Å². The highest BCUT2D eigenvalue weighted by Crippen LogP contribution is 2.07. The van der Waals surface area contributed by atoms with Gasteiger partial charge in [-0.15, -0.1) is 0 Å². The molecule has 0 bridgehead atoms. The van der Waals surface area contributed by atoms with E-state index >= 15 is 0 Å². The molecule has 5 nitrogen and oxygen atoms in total. The third-order valence-corrected chi connectivity index (χ3v) is 3.64.